The molecular weight excluding hydrogens is 305 g/mol. The topological polar surface area (TPSA) is 49.4 Å². The van der Waals surface area contributed by atoms with Crippen LogP contribution in [-0.4, -0.2) is 49.8 Å². The summed E-state index contributed by atoms with van der Waals surface area (Å²) in [6.45, 7) is 1.29. The molecule has 0 amide bonds. The van der Waals surface area contributed by atoms with Crippen molar-refractivity contribution in [3.8, 4) is 0 Å². The fraction of sp³-hybridized carbons (Fsp3) is 1.00. The van der Waals surface area contributed by atoms with Crippen LogP contribution in [0.3, 0.4) is 0 Å². The number of piperidine rings is 1. The lowest BCUT2D eigenvalue weighted by atomic mass is 10.1. The molecule has 0 aromatic heterocycles. The molecule has 4 nitrogen and oxygen atoms in total. The molecule has 1 aliphatic heterocycles. The zero-order valence-corrected chi connectivity index (χ0v) is 12.8. The van der Waals surface area contributed by atoms with Crippen molar-refractivity contribution in [2.24, 2.45) is 0 Å². The molecule has 2 fully saturated rings. The van der Waals surface area contributed by atoms with Gasteiger partial charge in [-0.25, -0.2) is 8.42 Å². The highest BCUT2D eigenvalue weighted by Crippen LogP contribution is 2.31. The van der Waals surface area contributed by atoms with Gasteiger partial charge >= 0.3 is 6.18 Å². The van der Waals surface area contributed by atoms with Crippen LogP contribution in [0.2, 0.25) is 0 Å². The first-order valence-electron chi connectivity index (χ1n) is 7.57. The Bertz CT molecular complexity index is 429. The van der Waals surface area contributed by atoms with Gasteiger partial charge in [-0.15, -0.1) is 0 Å². The molecule has 1 saturated carbocycles. The van der Waals surface area contributed by atoms with E-state index in [1.807, 2.05) is 0 Å². The average Bonchev–Trinajstić information content (AvgIpc) is 3.19. The van der Waals surface area contributed by atoms with Gasteiger partial charge < -0.3 is 5.32 Å². The van der Waals surface area contributed by atoms with E-state index in [4.69, 9.17) is 0 Å². The quantitative estimate of drug-likeness (QED) is 0.780. The minimum absolute atomic E-state index is 0.00427. The van der Waals surface area contributed by atoms with E-state index >= 15 is 0 Å². The van der Waals surface area contributed by atoms with Crippen molar-refractivity contribution >= 4 is 10.0 Å². The number of hydrogen-bond acceptors (Lipinski definition) is 3. The smallest absolute Gasteiger partial charge is 0.313 e. The van der Waals surface area contributed by atoms with E-state index in [-0.39, 0.29) is 18.5 Å². The summed E-state index contributed by atoms with van der Waals surface area (Å²) in [5, 5.41) is 3.30. The second-order valence-electron chi connectivity index (χ2n) is 5.98. The van der Waals surface area contributed by atoms with E-state index in [2.05, 4.69) is 5.32 Å². The highest BCUT2D eigenvalue weighted by Gasteiger charge is 2.39. The van der Waals surface area contributed by atoms with Gasteiger partial charge in [-0.3, -0.25) is 0 Å². The normalized spacial score (nSPS) is 24.5. The van der Waals surface area contributed by atoms with Gasteiger partial charge in [0, 0.05) is 25.0 Å². The highest BCUT2D eigenvalue weighted by molar-refractivity contribution is 7.89. The number of nitrogens with zero attached hydrogens (tertiary/aromatic N) is 1. The van der Waals surface area contributed by atoms with Crippen molar-refractivity contribution in [2.45, 2.75) is 63.2 Å². The molecule has 0 radical (unpaired) electrons. The molecular formula is C13H23F3N2O2S. The zero-order chi connectivity index (χ0) is 15.5. The van der Waals surface area contributed by atoms with E-state index in [9.17, 15) is 21.6 Å². The second kappa shape index (κ2) is 6.83. The lowest BCUT2D eigenvalue weighted by Crippen LogP contribution is -2.47. The summed E-state index contributed by atoms with van der Waals surface area (Å²) in [6, 6.07) is 0.140. The molecule has 1 unspecified atom stereocenters. The molecule has 1 aliphatic carbocycles. The van der Waals surface area contributed by atoms with E-state index < -0.39 is 28.4 Å². The van der Waals surface area contributed by atoms with Gasteiger partial charge in [0.25, 0.3) is 0 Å². The van der Waals surface area contributed by atoms with E-state index in [1.165, 1.54) is 4.31 Å². The number of sulfonamides is 1. The number of alkyl halides is 3. The molecule has 2 rings (SSSR count). The van der Waals surface area contributed by atoms with Crippen LogP contribution in [0.25, 0.3) is 0 Å². The Labute approximate surface area is 124 Å². The summed E-state index contributed by atoms with van der Waals surface area (Å²) in [6.07, 6.45) is -0.926. The summed E-state index contributed by atoms with van der Waals surface area (Å²) < 4.78 is 62.5. The van der Waals surface area contributed by atoms with E-state index in [0.717, 1.165) is 38.6 Å². The van der Waals surface area contributed by atoms with Crippen molar-refractivity contribution in [3.63, 3.8) is 0 Å². The number of rotatable bonds is 7. The van der Waals surface area contributed by atoms with Gasteiger partial charge in [0.15, 0.2) is 0 Å². The summed E-state index contributed by atoms with van der Waals surface area (Å²) in [5.74, 6) is -0.407. The molecule has 1 saturated heterocycles. The van der Waals surface area contributed by atoms with Crippen molar-refractivity contribution in [2.75, 3.05) is 18.8 Å². The van der Waals surface area contributed by atoms with E-state index in [1.54, 1.807) is 0 Å². The maximum atomic E-state index is 12.3. The standard InChI is InChI=1S/C13H23F3N2O2S/c14-13(15,16)7-3-9-21(19,20)18(12-5-6-12)10-11-4-1-2-8-17-11/h11-12,17H,1-10H2. The molecule has 2 aliphatic rings. The van der Waals surface area contributed by atoms with Crippen LogP contribution in [-0.2, 0) is 10.0 Å². The third-order valence-electron chi connectivity index (χ3n) is 3.99. The first kappa shape index (κ1) is 17.0. The molecule has 0 aromatic rings. The summed E-state index contributed by atoms with van der Waals surface area (Å²) in [7, 11) is -3.59. The molecule has 1 heterocycles. The zero-order valence-electron chi connectivity index (χ0n) is 12.0. The lowest BCUT2D eigenvalue weighted by Gasteiger charge is -2.30. The minimum atomic E-state index is -4.29. The van der Waals surface area contributed by atoms with Crippen molar-refractivity contribution < 1.29 is 21.6 Å². The number of hydrogen-bond donors (Lipinski definition) is 1. The predicted octanol–water partition coefficient (Wildman–Crippen LogP) is 2.27. The SMILES string of the molecule is O=S(=O)(CCCC(F)(F)F)N(CC1CCCCN1)C1CC1. The van der Waals surface area contributed by atoms with Gasteiger partial charge in [-0.1, -0.05) is 6.42 Å². The first-order chi connectivity index (χ1) is 9.78. The van der Waals surface area contributed by atoms with Crippen LogP contribution < -0.4 is 5.32 Å². The average molecular weight is 328 g/mol. The van der Waals surface area contributed by atoms with Crippen LogP contribution in [0.1, 0.15) is 44.9 Å². The van der Waals surface area contributed by atoms with Gasteiger partial charge in [0.05, 0.1) is 5.75 Å². The third-order valence-corrected chi connectivity index (χ3v) is 5.95. The van der Waals surface area contributed by atoms with Crippen LogP contribution in [0.4, 0.5) is 13.2 Å². The maximum absolute atomic E-state index is 12.3. The Balaban J connectivity index is 1.89. The Hall–Kier alpha value is -0.340. The highest BCUT2D eigenvalue weighted by atomic mass is 32.2. The van der Waals surface area contributed by atoms with Gasteiger partial charge in [0.2, 0.25) is 10.0 Å². The van der Waals surface area contributed by atoms with E-state index in [0.29, 0.717) is 6.54 Å². The molecule has 124 valence electrons. The fourth-order valence-electron chi connectivity index (χ4n) is 2.72. The molecule has 0 aromatic carbocycles. The Morgan fingerprint density at radius 2 is 1.86 bits per heavy atom. The molecule has 1 N–H and O–H groups in total. The van der Waals surface area contributed by atoms with Crippen LogP contribution in [0.5, 0.6) is 0 Å². The Kier molecular flexibility index (Phi) is 5.54. The van der Waals surface area contributed by atoms with Gasteiger partial charge in [-0.2, -0.15) is 17.5 Å². The summed E-state index contributed by atoms with van der Waals surface area (Å²) >= 11 is 0. The summed E-state index contributed by atoms with van der Waals surface area (Å²) in [4.78, 5) is 0. The second-order valence-corrected chi connectivity index (χ2v) is 8.02. The largest absolute Gasteiger partial charge is 0.389 e. The van der Waals surface area contributed by atoms with Crippen LogP contribution in [0, 0.1) is 0 Å². The molecule has 21 heavy (non-hydrogen) atoms. The monoisotopic (exact) mass is 328 g/mol. The predicted molar refractivity (Wildman–Crippen MR) is 74.4 cm³/mol. The van der Waals surface area contributed by atoms with Gasteiger partial charge in [0.1, 0.15) is 0 Å². The fourth-order valence-corrected chi connectivity index (χ4v) is 4.54. The van der Waals surface area contributed by atoms with Gasteiger partial charge in [-0.05, 0) is 38.6 Å². The van der Waals surface area contributed by atoms with Crippen molar-refractivity contribution in [1.29, 1.82) is 0 Å². The Morgan fingerprint density at radius 1 is 1.14 bits per heavy atom. The first-order valence-corrected chi connectivity index (χ1v) is 9.18. The van der Waals surface area contributed by atoms with Crippen LogP contribution in [0.15, 0.2) is 0 Å². The molecule has 0 bridgehead atoms. The Morgan fingerprint density at radius 3 is 2.38 bits per heavy atom. The number of nitrogens with one attached hydrogen (secondary N) is 1. The maximum Gasteiger partial charge on any atom is 0.389 e. The number of halogens is 3. The van der Waals surface area contributed by atoms with Crippen molar-refractivity contribution in [1.82, 2.24) is 9.62 Å². The molecule has 1 atom stereocenters. The third kappa shape index (κ3) is 5.75. The van der Waals surface area contributed by atoms with Crippen LogP contribution >= 0.6 is 0 Å². The molecule has 0 spiro atoms. The molecule has 8 heteroatoms. The summed E-state index contributed by atoms with van der Waals surface area (Å²) in [5.41, 5.74) is 0. The lowest BCUT2D eigenvalue weighted by molar-refractivity contribution is -0.134. The van der Waals surface area contributed by atoms with Crippen molar-refractivity contribution in [3.05, 3.63) is 0 Å². The minimum Gasteiger partial charge on any atom is -0.313 e.